The number of pyridine rings is 1. The van der Waals surface area contributed by atoms with Gasteiger partial charge in [0.15, 0.2) is 0 Å². The summed E-state index contributed by atoms with van der Waals surface area (Å²) in [7, 11) is 0. The van der Waals surface area contributed by atoms with Crippen LogP contribution in [0.3, 0.4) is 0 Å². The SMILES string of the molecule is O=C(c1cc[nH]c(=O)c1)N1C[C@@H](O)[C@@]2(C[C@H](c3ccccc3)CO2)C1. The highest BCUT2D eigenvalue weighted by molar-refractivity contribution is 5.94. The lowest BCUT2D eigenvalue weighted by atomic mass is 9.87. The summed E-state index contributed by atoms with van der Waals surface area (Å²) in [6, 6.07) is 12.9. The molecule has 0 radical (unpaired) electrons. The van der Waals surface area contributed by atoms with Gasteiger partial charge in [-0.15, -0.1) is 0 Å². The fraction of sp³-hybridized carbons (Fsp3) is 0.368. The summed E-state index contributed by atoms with van der Waals surface area (Å²) in [6.07, 6.45) is 1.40. The number of aliphatic hydroxyl groups is 1. The number of likely N-dealkylation sites (tertiary alicyclic amines) is 1. The zero-order chi connectivity index (χ0) is 17.4. The summed E-state index contributed by atoms with van der Waals surface area (Å²) < 4.78 is 6.01. The predicted octanol–water partition coefficient (Wildman–Crippen LogP) is 1.13. The minimum atomic E-state index is -0.729. The zero-order valence-electron chi connectivity index (χ0n) is 13.7. The van der Waals surface area contributed by atoms with E-state index in [1.807, 2.05) is 18.2 Å². The Morgan fingerprint density at radius 1 is 1.28 bits per heavy atom. The lowest BCUT2D eigenvalue weighted by Crippen LogP contribution is -2.41. The molecule has 6 heteroatoms. The van der Waals surface area contributed by atoms with Crippen LogP contribution < -0.4 is 5.56 Å². The van der Waals surface area contributed by atoms with Crippen molar-refractivity contribution < 1.29 is 14.6 Å². The zero-order valence-corrected chi connectivity index (χ0v) is 13.7. The van der Waals surface area contributed by atoms with Gasteiger partial charge >= 0.3 is 0 Å². The monoisotopic (exact) mass is 340 g/mol. The molecule has 2 aromatic rings. The molecule has 0 saturated carbocycles. The van der Waals surface area contributed by atoms with Gasteiger partial charge in [-0.25, -0.2) is 0 Å². The Kier molecular flexibility index (Phi) is 3.94. The van der Waals surface area contributed by atoms with Crippen molar-refractivity contribution >= 4 is 5.91 Å². The van der Waals surface area contributed by atoms with E-state index in [9.17, 15) is 14.7 Å². The number of ether oxygens (including phenoxy) is 1. The van der Waals surface area contributed by atoms with Gasteiger partial charge in [-0.2, -0.15) is 0 Å². The van der Waals surface area contributed by atoms with Gasteiger partial charge in [0.1, 0.15) is 11.7 Å². The van der Waals surface area contributed by atoms with Crippen LogP contribution in [-0.2, 0) is 4.74 Å². The number of H-pyrrole nitrogens is 1. The summed E-state index contributed by atoms with van der Waals surface area (Å²) in [5.74, 6) is -0.0424. The van der Waals surface area contributed by atoms with Gasteiger partial charge in [0.25, 0.3) is 5.91 Å². The minimum absolute atomic E-state index is 0.213. The molecule has 130 valence electrons. The Morgan fingerprint density at radius 3 is 2.84 bits per heavy atom. The number of benzene rings is 1. The van der Waals surface area contributed by atoms with Crippen molar-refractivity contribution in [3.8, 4) is 0 Å². The molecule has 3 heterocycles. The molecule has 1 aromatic heterocycles. The average molecular weight is 340 g/mol. The molecule has 2 N–H and O–H groups in total. The number of aromatic amines is 1. The van der Waals surface area contributed by atoms with E-state index < -0.39 is 11.7 Å². The molecule has 1 spiro atoms. The molecular formula is C19H20N2O4. The first-order valence-corrected chi connectivity index (χ1v) is 8.42. The Hall–Kier alpha value is -2.44. The second kappa shape index (κ2) is 6.13. The van der Waals surface area contributed by atoms with Crippen LogP contribution in [0.2, 0.25) is 0 Å². The van der Waals surface area contributed by atoms with Gasteiger partial charge in [-0.1, -0.05) is 30.3 Å². The highest BCUT2D eigenvalue weighted by Gasteiger charge is 2.53. The van der Waals surface area contributed by atoms with Gasteiger partial charge in [0.2, 0.25) is 5.56 Å². The number of amides is 1. The number of carbonyl (C=O) groups excluding carboxylic acids is 1. The first-order valence-electron chi connectivity index (χ1n) is 8.42. The van der Waals surface area contributed by atoms with Crippen molar-refractivity contribution in [3.05, 3.63) is 70.1 Å². The molecule has 2 aliphatic heterocycles. The maximum absolute atomic E-state index is 12.6. The van der Waals surface area contributed by atoms with E-state index >= 15 is 0 Å². The van der Waals surface area contributed by atoms with E-state index in [-0.39, 0.29) is 23.9 Å². The Bertz CT molecular complexity index is 835. The van der Waals surface area contributed by atoms with E-state index in [1.165, 1.54) is 17.8 Å². The van der Waals surface area contributed by atoms with Gasteiger partial charge in [0.05, 0.1) is 13.2 Å². The summed E-state index contributed by atoms with van der Waals surface area (Å²) >= 11 is 0. The first-order chi connectivity index (χ1) is 12.1. The summed E-state index contributed by atoms with van der Waals surface area (Å²) in [5, 5.41) is 10.6. The molecule has 0 bridgehead atoms. The van der Waals surface area contributed by atoms with Crippen molar-refractivity contribution in [1.82, 2.24) is 9.88 Å². The summed E-state index contributed by atoms with van der Waals surface area (Å²) in [4.78, 5) is 28.1. The lowest BCUT2D eigenvalue weighted by molar-refractivity contribution is -0.0591. The number of β-amino-alcohol motifs (C(OH)–C–C–N with tert-alkyl or cyclic N) is 1. The number of rotatable bonds is 2. The van der Waals surface area contributed by atoms with Crippen LogP contribution in [-0.4, -0.2) is 52.3 Å². The molecule has 6 nitrogen and oxygen atoms in total. The van der Waals surface area contributed by atoms with Crippen LogP contribution in [0.1, 0.15) is 28.3 Å². The van der Waals surface area contributed by atoms with Crippen LogP contribution >= 0.6 is 0 Å². The normalized spacial score (nSPS) is 28.6. The van der Waals surface area contributed by atoms with Crippen molar-refractivity contribution in [2.45, 2.75) is 24.0 Å². The fourth-order valence-electron chi connectivity index (χ4n) is 3.87. The van der Waals surface area contributed by atoms with Crippen LogP contribution in [0, 0.1) is 0 Å². The predicted molar refractivity (Wildman–Crippen MR) is 91.5 cm³/mol. The lowest BCUT2D eigenvalue weighted by Gasteiger charge is -2.26. The standard InChI is InChI=1S/C19H20N2O4/c22-16-10-21(18(24)14-6-7-20-17(23)8-14)12-19(16)9-15(11-25-19)13-4-2-1-3-5-13/h1-8,15-16,22H,9-12H2,(H,20,23)/t15-,16+,19+/m0/s1. The summed E-state index contributed by atoms with van der Waals surface area (Å²) in [5.41, 5.74) is 0.468. The van der Waals surface area contributed by atoms with Crippen molar-refractivity contribution in [1.29, 1.82) is 0 Å². The van der Waals surface area contributed by atoms with Gasteiger partial charge in [0, 0.05) is 30.3 Å². The van der Waals surface area contributed by atoms with Crippen LogP contribution in [0.5, 0.6) is 0 Å². The largest absolute Gasteiger partial charge is 0.388 e. The molecule has 1 amide bonds. The molecular weight excluding hydrogens is 320 g/mol. The van der Waals surface area contributed by atoms with Gasteiger partial charge in [-0.3, -0.25) is 9.59 Å². The van der Waals surface area contributed by atoms with E-state index in [1.54, 1.807) is 11.0 Å². The third-order valence-corrected chi connectivity index (χ3v) is 5.20. The van der Waals surface area contributed by atoms with E-state index in [0.717, 1.165) is 0 Å². The number of hydrogen-bond donors (Lipinski definition) is 2. The van der Waals surface area contributed by atoms with Crippen molar-refractivity contribution in [3.63, 3.8) is 0 Å². The molecule has 2 fully saturated rings. The number of aliphatic hydroxyl groups excluding tert-OH is 1. The fourth-order valence-corrected chi connectivity index (χ4v) is 3.87. The second-order valence-electron chi connectivity index (χ2n) is 6.83. The molecule has 2 saturated heterocycles. The Morgan fingerprint density at radius 2 is 2.08 bits per heavy atom. The Labute approximate surface area is 145 Å². The number of aromatic nitrogens is 1. The maximum atomic E-state index is 12.6. The number of nitrogens with zero attached hydrogens (tertiary/aromatic N) is 1. The molecule has 3 atom stereocenters. The smallest absolute Gasteiger partial charge is 0.254 e. The highest BCUT2D eigenvalue weighted by Crippen LogP contribution is 2.42. The van der Waals surface area contributed by atoms with Crippen LogP contribution in [0.15, 0.2) is 53.5 Å². The molecule has 0 unspecified atom stereocenters. The topological polar surface area (TPSA) is 82.6 Å². The molecule has 0 aliphatic carbocycles. The van der Waals surface area contributed by atoms with Crippen molar-refractivity contribution in [2.75, 3.05) is 19.7 Å². The number of hydrogen-bond acceptors (Lipinski definition) is 4. The van der Waals surface area contributed by atoms with Gasteiger partial charge in [-0.05, 0) is 18.1 Å². The number of carbonyl (C=O) groups is 1. The average Bonchev–Trinajstić information content (AvgIpc) is 3.20. The van der Waals surface area contributed by atoms with Gasteiger partial charge < -0.3 is 19.7 Å². The molecule has 4 rings (SSSR count). The van der Waals surface area contributed by atoms with E-state index in [0.29, 0.717) is 25.1 Å². The van der Waals surface area contributed by atoms with E-state index in [4.69, 9.17) is 4.74 Å². The molecule has 25 heavy (non-hydrogen) atoms. The third-order valence-electron chi connectivity index (χ3n) is 5.20. The molecule has 1 aromatic carbocycles. The quantitative estimate of drug-likeness (QED) is 0.859. The maximum Gasteiger partial charge on any atom is 0.254 e. The van der Waals surface area contributed by atoms with Crippen molar-refractivity contribution in [2.24, 2.45) is 0 Å². The second-order valence-corrected chi connectivity index (χ2v) is 6.83. The van der Waals surface area contributed by atoms with Crippen LogP contribution in [0.4, 0.5) is 0 Å². The minimum Gasteiger partial charge on any atom is -0.388 e. The Balaban J connectivity index is 1.52. The number of nitrogens with one attached hydrogen (secondary N) is 1. The summed E-state index contributed by atoms with van der Waals surface area (Å²) in [6.45, 7) is 1.09. The van der Waals surface area contributed by atoms with Crippen LogP contribution in [0.25, 0.3) is 0 Å². The van der Waals surface area contributed by atoms with E-state index in [2.05, 4.69) is 17.1 Å². The first kappa shape index (κ1) is 16.1. The highest BCUT2D eigenvalue weighted by atomic mass is 16.5. The third kappa shape index (κ3) is 2.88. The molecule has 2 aliphatic rings.